The summed E-state index contributed by atoms with van der Waals surface area (Å²) in [6.45, 7) is 0.713. The molecule has 0 radical (unpaired) electrons. The van der Waals surface area contributed by atoms with Gasteiger partial charge < -0.3 is 11.1 Å². The molecule has 3 N–H and O–H groups in total. The SMILES string of the molecule is Nc1nc(NCCc2cccs2)ccc1[N+](=O)[O-]. The number of rotatable bonds is 5. The first-order chi connectivity index (χ1) is 8.66. The molecular weight excluding hydrogens is 252 g/mol. The number of nitrogens with zero attached hydrogens (tertiary/aromatic N) is 2. The lowest BCUT2D eigenvalue weighted by atomic mass is 10.3. The van der Waals surface area contributed by atoms with Gasteiger partial charge in [-0.15, -0.1) is 11.3 Å². The number of aromatic nitrogens is 1. The van der Waals surface area contributed by atoms with E-state index in [4.69, 9.17) is 5.73 Å². The minimum Gasteiger partial charge on any atom is -0.378 e. The van der Waals surface area contributed by atoms with Crippen LogP contribution < -0.4 is 11.1 Å². The zero-order valence-electron chi connectivity index (χ0n) is 9.50. The minimum absolute atomic E-state index is 0.0684. The molecule has 0 aliphatic heterocycles. The van der Waals surface area contributed by atoms with Crippen LogP contribution in [0.4, 0.5) is 17.3 Å². The molecular formula is C11H12N4O2S. The third-order valence-corrected chi connectivity index (χ3v) is 3.29. The lowest BCUT2D eigenvalue weighted by molar-refractivity contribution is -0.384. The van der Waals surface area contributed by atoms with Crippen LogP contribution in [-0.2, 0) is 6.42 Å². The van der Waals surface area contributed by atoms with Crippen molar-refractivity contribution in [1.82, 2.24) is 4.98 Å². The lowest BCUT2D eigenvalue weighted by Gasteiger charge is -2.05. The first-order valence-corrected chi connectivity index (χ1v) is 6.22. The summed E-state index contributed by atoms with van der Waals surface area (Å²) < 4.78 is 0. The number of nitrogens with one attached hydrogen (secondary N) is 1. The number of hydrogen-bond donors (Lipinski definition) is 2. The molecule has 2 heterocycles. The van der Waals surface area contributed by atoms with Gasteiger partial charge in [-0.25, -0.2) is 4.98 Å². The quantitative estimate of drug-likeness (QED) is 0.638. The van der Waals surface area contributed by atoms with Crippen LogP contribution in [0, 0.1) is 10.1 Å². The van der Waals surface area contributed by atoms with E-state index >= 15 is 0 Å². The summed E-state index contributed by atoms with van der Waals surface area (Å²) in [5.74, 6) is 0.482. The molecule has 0 unspecified atom stereocenters. The van der Waals surface area contributed by atoms with Gasteiger partial charge in [0.25, 0.3) is 0 Å². The molecule has 2 rings (SSSR count). The summed E-state index contributed by atoms with van der Waals surface area (Å²) >= 11 is 1.69. The van der Waals surface area contributed by atoms with Crippen LogP contribution in [-0.4, -0.2) is 16.5 Å². The van der Waals surface area contributed by atoms with E-state index in [9.17, 15) is 10.1 Å². The molecule has 0 saturated carbocycles. The molecule has 0 aliphatic carbocycles. The highest BCUT2D eigenvalue weighted by Gasteiger charge is 2.12. The van der Waals surface area contributed by atoms with Crippen molar-refractivity contribution < 1.29 is 4.92 Å². The molecule has 6 nitrogen and oxygen atoms in total. The predicted octanol–water partition coefficient (Wildman–Crippen LogP) is 2.29. The Hall–Kier alpha value is -2.15. The summed E-state index contributed by atoms with van der Waals surface area (Å²) in [5, 5.41) is 15.7. The smallest absolute Gasteiger partial charge is 0.311 e. The highest BCUT2D eigenvalue weighted by molar-refractivity contribution is 7.09. The number of hydrogen-bond acceptors (Lipinski definition) is 6. The van der Waals surface area contributed by atoms with Crippen molar-refractivity contribution >= 4 is 28.7 Å². The highest BCUT2D eigenvalue weighted by Crippen LogP contribution is 2.20. The largest absolute Gasteiger partial charge is 0.378 e. The molecule has 18 heavy (non-hydrogen) atoms. The zero-order chi connectivity index (χ0) is 13.0. The van der Waals surface area contributed by atoms with E-state index in [0.29, 0.717) is 12.4 Å². The second-order valence-electron chi connectivity index (χ2n) is 3.61. The van der Waals surface area contributed by atoms with Gasteiger partial charge in [-0.3, -0.25) is 10.1 Å². The van der Waals surface area contributed by atoms with Gasteiger partial charge in [0.05, 0.1) is 4.92 Å². The maximum Gasteiger partial charge on any atom is 0.311 e. The zero-order valence-corrected chi connectivity index (χ0v) is 10.3. The number of nitro groups is 1. The molecule has 0 amide bonds. The van der Waals surface area contributed by atoms with E-state index in [1.165, 1.54) is 10.9 Å². The van der Waals surface area contributed by atoms with Crippen molar-refractivity contribution in [2.75, 3.05) is 17.6 Å². The predicted molar refractivity (Wildman–Crippen MR) is 71.8 cm³/mol. The number of thiophene rings is 1. The summed E-state index contributed by atoms with van der Waals surface area (Å²) in [7, 11) is 0. The van der Waals surface area contributed by atoms with Gasteiger partial charge in [0.1, 0.15) is 5.82 Å². The molecule has 2 aromatic heterocycles. The van der Waals surface area contributed by atoms with Crippen molar-refractivity contribution in [2.24, 2.45) is 0 Å². The molecule has 94 valence electrons. The Morgan fingerprint density at radius 2 is 2.28 bits per heavy atom. The monoisotopic (exact) mass is 264 g/mol. The maximum absolute atomic E-state index is 10.6. The van der Waals surface area contributed by atoms with Gasteiger partial charge in [0, 0.05) is 17.5 Å². The topological polar surface area (TPSA) is 94.1 Å². The van der Waals surface area contributed by atoms with Crippen LogP contribution in [0.5, 0.6) is 0 Å². The number of pyridine rings is 1. The summed E-state index contributed by atoms with van der Waals surface area (Å²) in [5.41, 5.74) is 5.33. The Kier molecular flexibility index (Phi) is 3.73. The van der Waals surface area contributed by atoms with Crippen molar-refractivity contribution in [1.29, 1.82) is 0 Å². The average Bonchev–Trinajstić information content (AvgIpc) is 2.81. The minimum atomic E-state index is -0.544. The van der Waals surface area contributed by atoms with Crippen LogP contribution in [0.3, 0.4) is 0 Å². The molecule has 0 bridgehead atoms. The number of nitrogens with two attached hydrogens (primary N) is 1. The lowest BCUT2D eigenvalue weighted by Crippen LogP contribution is -2.07. The number of anilines is 2. The third-order valence-electron chi connectivity index (χ3n) is 2.36. The Labute approximate surface area is 108 Å². The van der Waals surface area contributed by atoms with Crippen molar-refractivity contribution in [3.05, 3.63) is 44.6 Å². The fourth-order valence-electron chi connectivity index (χ4n) is 1.49. The van der Waals surface area contributed by atoms with Crippen LogP contribution in [0.1, 0.15) is 4.88 Å². The van der Waals surface area contributed by atoms with Gasteiger partial charge in [0.15, 0.2) is 0 Å². The van der Waals surface area contributed by atoms with E-state index < -0.39 is 4.92 Å². The Bertz CT molecular complexity index is 542. The molecule has 0 fully saturated rings. The molecule has 0 spiro atoms. The second kappa shape index (κ2) is 5.46. The van der Waals surface area contributed by atoms with Crippen LogP contribution >= 0.6 is 11.3 Å². The first kappa shape index (κ1) is 12.3. The van der Waals surface area contributed by atoms with E-state index in [2.05, 4.69) is 16.4 Å². The average molecular weight is 264 g/mol. The molecule has 0 aromatic carbocycles. The van der Waals surface area contributed by atoms with Gasteiger partial charge in [-0.2, -0.15) is 0 Å². The van der Waals surface area contributed by atoms with E-state index in [-0.39, 0.29) is 11.5 Å². The third kappa shape index (κ3) is 2.95. The van der Waals surface area contributed by atoms with E-state index in [0.717, 1.165) is 6.42 Å². The van der Waals surface area contributed by atoms with Gasteiger partial charge in [-0.1, -0.05) is 6.07 Å². The van der Waals surface area contributed by atoms with E-state index in [1.54, 1.807) is 17.4 Å². The molecule has 0 atom stereocenters. The first-order valence-electron chi connectivity index (χ1n) is 5.34. The van der Waals surface area contributed by atoms with Crippen molar-refractivity contribution in [2.45, 2.75) is 6.42 Å². The Balaban J connectivity index is 1.94. The maximum atomic E-state index is 10.6. The molecule has 2 aromatic rings. The van der Waals surface area contributed by atoms with Crippen molar-refractivity contribution in [3.63, 3.8) is 0 Å². The summed E-state index contributed by atoms with van der Waals surface area (Å²) in [4.78, 5) is 15.2. The molecule has 7 heteroatoms. The number of nitrogen functional groups attached to an aromatic ring is 1. The van der Waals surface area contributed by atoms with Gasteiger partial charge in [0.2, 0.25) is 5.82 Å². The normalized spacial score (nSPS) is 10.2. The van der Waals surface area contributed by atoms with Crippen molar-refractivity contribution in [3.8, 4) is 0 Å². The fourth-order valence-corrected chi connectivity index (χ4v) is 2.20. The summed E-state index contributed by atoms with van der Waals surface area (Å²) in [6.07, 6.45) is 0.885. The highest BCUT2D eigenvalue weighted by atomic mass is 32.1. The molecule has 0 saturated heterocycles. The second-order valence-corrected chi connectivity index (χ2v) is 4.65. The Morgan fingerprint density at radius 1 is 1.44 bits per heavy atom. The van der Waals surface area contributed by atoms with Crippen LogP contribution in [0.25, 0.3) is 0 Å². The Morgan fingerprint density at radius 3 is 2.89 bits per heavy atom. The van der Waals surface area contributed by atoms with Gasteiger partial charge >= 0.3 is 5.69 Å². The van der Waals surface area contributed by atoms with Crippen LogP contribution in [0.2, 0.25) is 0 Å². The standard InChI is InChI=1S/C11H12N4O2S/c12-11-9(15(16)17)3-4-10(14-11)13-6-5-8-2-1-7-18-8/h1-4,7H,5-6H2,(H3,12,13,14). The fraction of sp³-hybridized carbons (Fsp3) is 0.182. The van der Waals surface area contributed by atoms with E-state index in [1.807, 2.05) is 11.4 Å². The van der Waals surface area contributed by atoms with Crippen LogP contribution in [0.15, 0.2) is 29.6 Å². The summed E-state index contributed by atoms with van der Waals surface area (Å²) in [6, 6.07) is 6.98. The van der Waals surface area contributed by atoms with Gasteiger partial charge in [-0.05, 0) is 23.9 Å². The molecule has 0 aliphatic rings.